The standard InChI is InChI=1S/C17H13N5O2S3/c1-24-11-4-2-10(3-5-11)13-14-15(27-22-13)16(20-9-19-14)26-8-12(23)21-17-18-6-7-25-17/h2-7,9H,8H2,1H3,(H,18,21,23). The molecule has 27 heavy (non-hydrogen) atoms. The number of thiazole rings is 1. The first kappa shape index (κ1) is 17.8. The van der Waals surface area contributed by atoms with Gasteiger partial charge in [-0.15, -0.1) is 11.3 Å². The minimum absolute atomic E-state index is 0.124. The lowest BCUT2D eigenvalue weighted by Gasteiger charge is -2.03. The lowest BCUT2D eigenvalue weighted by Crippen LogP contribution is -2.13. The van der Waals surface area contributed by atoms with Gasteiger partial charge in [0.1, 0.15) is 33.0 Å². The molecule has 0 aliphatic carbocycles. The second-order valence-electron chi connectivity index (χ2n) is 5.29. The number of rotatable bonds is 6. The zero-order valence-electron chi connectivity index (χ0n) is 14.1. The van der Waals surface area contributed by atoms with Gasteiger partial charge in [0, 0.05) is 17.1 Å². The van der Waals surface area contributed by atoms with Gasteiger partial charge in [-0.1, -0.05) is 11.8 Å². The van der Waals surface area contributed by atoms with Crippen LogP contribution in [-0.4, -0.2) is 38.1 Å². The van der Waals surface area contributed by atoms with Crippen molar-refractivity contribution >= 4 is 55.9 Å². The number of nitrogens with one attached hydrogen (secondary N) is 1. The highest BCUT2D eigenvalue weighted by atomic mass is 32.2. The SMILES string of the molecule is COc1ccc(-c2nsc3c(SCC(=O)Nc4nccs4)ncnc23)cc1. The quantitative estimate of drug-likeness (QED) is 0.377. The van der Waals surface area contributed by atoms with Crippen molar-refractivity contribution in [2.24, 2.45) is 0 Å². The van der Waals surface area contributed by atoms with Gasteiger partial charge in [-0.25, -0.2) is 15.0 Å². The first-order valence-corrected chi connectivity index (χ1v) is 10.5. The third-order valence-corrected chi connectivity index (χ3v) is 6.26. The molecule has 0 saturated carbocycles. The number of ether oxygens (including phenoxy) is 1. The fourth-order valence-corrected chi connectivity index (χ4v) is 4.62. The maximum atomic E-state index is 12.1. The smallest absolute Gasteiger partial charge is 0.236 e. The minimum atomic E-state index is -0.124. The Hall–Kier alpha value is -2.56. The second kappa shape index (κ2) is 7.99. The molecule has 0 atom stereocenters. The maximum absolute atomic E-state index is 12.1. The normalized spacial score (nSPS) is 10.9. The van der Waals surface area contributed by atoms with Crippen LogP contribution < -0.4 is 10.1 Å². The molecule has 0 spiro atoms. The number of carbonyl (C=O) groups is 1. The molecule has 4 aromatic rings. The number of anilines is 1. The summed E-state index contributed by atoms with van der Waals surface area (Å²) in [6.45, 7) is 0. The number of amides is 1. The number of methoxy groups -OCH3 is 1. The van der Waals surface area contributed by atoms with E-state index >= 15 is 0 Å². The molecule has 0 aliphatic rings. The average molecular weight is 416 g/mol. The van der Waals surface area contributed by atoms with E-state index in [-0.39, 0.29) is 11.7 Å². The van der Waals surface area contributed by atoms with Gasteiger partial charge in [-0.05, 0) is 35.8 Å². The molecule has 3 heterocycles. The highest BCUT2D eigenvalue weighted by Gasteiger charge is 2.15. The minimum Gasteiger partial charge on any atom is -0.497 e. The van der Waals surface area contributed by atoms with Gasteiger partial charge in [-0.3, -0.25) is 4.79 Å². The molecular formula is C17H13N5O2S3. The molecule has 0 saturated heterocycles. The molecular weight excluding hydrogens is 402 g/mol. The highest BCUT2D eigenvalue weighted by Crippen LogP contribution is 2.34. The lowest BCUT2D eigenvalue weighted by molar-refractivity contribution is -0.113. The molecule has 0 aliphatic heterocycles. The summed E-state index contributed by atoms with van der Waals surface area (Å²) in [6.07, 6.45) is 3.16. The summed E-state index contributed by atoms with van der Waals surface area (Å²) in [7, 11) is 1.63. The molecule has 0 unspecified atom stereocenters. The van der Waals surface area contributed by atoms with Crippen molar-refractivity contribution in [2.75, 3.05) is 18.2 Å². The number of thioether (sulfide) groups is 1. The van der Waals surface area contributed by atoms with Crippen LogP contribution in [0.2, 0.25) is 0 Å². The van der Waals surface area contributed by atoms with E-state index < -0.39 is 0 Å². The maximum Gasteiger partial charge on any atom is 0.236 e. The Balaban J connectivity index is 1.54. The Kier molecular flexibility index (Phi) is 5.28. The molecule has 10 heteroatoms. The van der Waals surface area contributed by atoms with Crippen LogP contribution in [0.25, 0.3) is 21.5 Å². The molecule has 136 valence electrons. The summed E-state index contributed by atoms with van der Waals surface area (Å²) >= 11 is 4.08. The number of benzene rings is 1. The van der Waals surface area contributed by atoms with Crippen molar-refractivity contribution in [1.82, 2.24) is 19.3 Å². The van der Waals surface area contributed by atoms with Crippen LogP contribution in [0.1, 0.15) is 0 Å². The fraction of sp³-hybridized carbons (Fsp3) is 0.118. The summed E-state index contributed by atoms with van der Waals surface area (Å²) in [5, 5.41) is 5.91. The zero-order valence-corrected chi connectivity index (χ0v) is 16.5. The molecule has 0 fully saturated rings. The Labute approximate surface area is 167 Å². The Morgan fingerprint density at radius 3 is 2.81 bits per heavy atom. The largest absolute Gasteiger partial charge is 0.497 e. The zero-order chi connectivity index (χ0) is 18.6. The Bertz CT molecular complexity index is 1060. The van der Waals surface area contributed by atoms with E-state index in [1.807, 2.05) is 29.6 Å². The van der Waals surface area contributed by atoms with Gasteiger partial charge in [0.15, 0.2) is 5.13 Å². The van der Waals surface area contributed by atoms with Gasteiger partial charge in [0.2, 0.25) is 5.91 Å². The molecule has 1 N–H and O–H groups in total. The van der Waals surface area contributed by atoms with Gasteiger partial charge >= 0.3 is 0 Å². The number of hydrogen-bond donors (Lipinski definition) is 1. The molecule has 0 radical (unpaired) electrons. The summed E-state index contributed by atoms with van der Waals surface area (Å²) in [5.74, 6) is 0.901. The predicted octanol–water partition coefficient (Wildman–Crippen LogP) is 3.95. The first-order chi connectivity index (χ1) is 13.2. The summed E-state index contributed by atoms with van der Waals surface area (Å²) < 4.78 is 10.6. The van der Waals surface area contributed by atoms with Crippen LogP contribution in [0.5, 0.6) is 5.75 Å². The van der Waals surface area contributed by atoms with Crippen molar-refractivity contribution < 1.29 is 9.53 Å². The predicted molar refractivity (Wildman–Crippen MR) is 109 cm³/mol. The molecule has 4 rings (SSSR count). The number of hydrogen-bond acceptors (Lipinski definition) is 9. The molecule has 1 aromatic carbocycles. The monoisotopic (exact) mass is 415 g/mol. The van der Waals surface area contributed by atoms with E-state index in [2.05, 4.69) is 24.6 Å². The molecule has 3 aromatic heterocycles. The Morgan fingerprint density at radius 2 is 2.07 bits per heavy atom. The summed E-state index contributed by atoms with van der Waals surface area (Å²) in [6, 6.07) is 7.67. The van der Waals surface area contributed by atoms with Crippen LogP contribution in [-0.2, 0) is 4.79 Å². The third kappa shape index (κ3) is 3.92. The van der Waals surface area contributed by atoms with E-state index in [0.717, 1.165) is 32.2 Å². The van der Waals surface area contributed by atoms with E-state index in [1.54, 1.807) is 13.3 Å². The summed E-state index contributed by atoms with van der Waals surface area (Å²) in [4.78, 5) is 24.8. The van der Waals surface area contributed by atoms with Crippen LogP contribution in [0.4, 0.5) is 5.13 Å². The van der Waals surface area contributed by atoms with E-state index in [9.17, 15) is 4.79 Å². The first-order valence-electron chi connectivity index (χ1n) is 7.81. The summed E-state index contributed by atoms with van der Waals surface area (Å²) in [5.41, 5.74) is 2.54. The van der Waals surface area contributed by atoms with Crippen molar-refractivity contribution in [3.8, 4) is 17.0 Å². The van der Waals surface area contributed by atoms with Crippen molar-refractivity contribution in [3.63, 3.8) is 0 Å². The molecule has 7 nitrogen and oxygen atoms in total. The van der Waals surface area contributed by atoms with Gasteiger partial charge in [-0.2, -0.15) is 4.37 Å². The van der Waals surface area contributed by atoms with Crippen molar-refractivity contribution in [3.05, 3.63) is 42.2 Å². The van der Waals surface area contributed by atoms with Crippen molar-refractivity contribution in [1.29, 1.82) is 0 Å². The highest BCUT2D eigenvalue weighted by molar-refractivity contribution is 8.00. The van der Waals surface area contributed by atoms with Crippen LogP contribution >= 0.6 is 34.6 Å². The number of fused-ring (bicyclic) bond motifs is 1. The van der Waals surface area contributed by atoms with Crippen LogP contribution in [0, 0.1) is 0 Å². The van der Waals surface area contributed by atoms with Gasteiger partial charge in [0.25, 0.3) is 0 Å². The van der Waals surface area contributed by atoms with E-state index in [4.69, 9.17) is 4.74 Å². The Morgan fingerprint density at radius 1 is 1.22 bits per heavy atom. The molecule has 0 bridgehead atoms. The fourth-order valence-electron chi connectivity index (χ4n) is 2.36. The number of nitrogens with zero attached hydrogens (tertiary/aromatic N) is 4. The van der Waals surface area contributed by atoms with Crippen molar-refractivity contribution in [2.45, 2.75) is 5.03 Å². The molecule has 1 amide bonds. The third-order valence-electron chi connectivity index (χ3n) is 3.61. The lowest BCUT2D eigenvalue weighted by atomic mass is 10.1. The van der Waals surface area contributed by atoms with Gasteiger partial charge in [0.05, 0.1) is 12.9 Å². The second-order valence-corrected chi connectivity index (χ2v) is 7.92. The van der Waals surface area contributed by atoms with E-state index in [1.165, 1.54) is 41.0 Å². The van der Waals surface area contributed by atoms with E-state index in [0.29, 0.717) is 5.13 Å². The average Bonchev–Trinajstić information content (AvgIpc) is 3.36. The van der Waals surface area contributed by atoms with Crippen LogP contribution in [0.15, 0.2) is 47.2 Å². The number of aromatic nitrogens is 4. The van der Waals surface area contributed by atoms with Gasteiger partial charge < -0.3 is 10.1 Å². The topological polar surface area (TPSA) is 89.9 Å². The number of carbonyl (C=O) groups excluding carboxylic acids is 1. The van der Waals surface area contributed by atoms with Crippen LogP contribution in [0.3, 0.4) is 0 Å².